The summed E-state index contributed by atoms with van der Waals surface area (Å²) in [5.74, 6) is 2.00. The van der Waals surface area contributed by atoms with Gasteiger partial charge in [-0.05, 0) is 69.5 Å². The summed E-state index contributed by atoms with van der Waals surface area (Å²) < 4.78 is 6.00. The summed E-state index contributed by atoms with van der Waals surface area (Å²) >= 11 is 0. The average Bonchev–Trinajstić information content (AvgIpc) is 2.98. The summed E-state index contributed by atoms with van der Waals surface area (Å²) in [6.45, 7) is 6.85. The molecule has 24 heavy (non-hydrogen) atoms. The van der Waals surface area contributed by atoms with E-state index in [-0.39, 0.29) is 5.78 Å². The van der Waals surface area contributed by atoms with Crippen molar-refractivity contribution in [2.45, 2.75) is 46.1 Å². The molecular weight excluding hydrogens is 298 g/mol. The van der Waals surface area contributed by atoms with Crippen molar-refractivity contribution in [3.05, 3.63) is 53.6 Å². The first-order valence-corrected chi connectivity index (χ1v) is 8.64. The molecule has 3 rings (SSSR count). The molecule has 1 aliphatic rings. The van der Waals surface area contributed by atoms with Crippen LogP contribution in [-0.4, -0.2) is 18.4 Å². The van der Waals surface area contributed by atoms with E-state index in [0.717, 1.165) is 36.4 Å². The number of carbonyl (C=O) groups is 1. The molecule has 0 N–H and O–H groups in total. The minimum absolute atomic E-state index is 0.265. The van der Waals surface area contributed by atoms with Crippen LogP contribution in [0.2, 0.25) is 0 Å². The molecule has 126 valence electrons. The summed E-state index contributed by atoms with van der Waals surface area (Å²) in [5, 5.41) is 0. The predicted molar refractivity (Wildman–Crippen MR) is 98.1 cm³/mol. The minimum Gasteiger partial charge on any atom is -0.457 e. The van der Waals surface area contributed by atoms with E-state index in [1.165, 1.54) is 11.3 Å². The second kappa shape index (κ2) is 7.08. The Balaban J connectivity index is 1.72. The molecule has 0 aliphatic carbocycles. The average molecular weight is 323 g/mol. The van der Waals surface area contributed by atoms with Crippen LogP contribution in [0.3, 0.4) is 0 Å². The van der Waals surface area contributed by atoms with Crippen molar-refractivity contribution < 1.29 is 9.53 Å². The maximum atomic E-state index is 11.4. The van der Waals surface area contributed by atoms with E-state index in [9.17, 15) is 4.79 Å². The van der Waals surface area contributed by atoms with Gasteiger partial charge < -0.3 is 9.64 Å². The van der Waals surface area contributed by atoms with Crippen LogP contribution in [0.4, 0.5) is 5.69 Å². The van der Waals surface area contributed by atoms with Gasteiger partial charge >= 0.3 is 0 Å². The van der Waals surface area contributed by atoms with Crippen LogP contribution < -0.4 is 9.64 Å². The number of ketones is 1. The molecule has 1 fully saturated rings. The lowest BCUT2D eigenvalue weighted by molar-refractivity contribution is -0.117. The van der Waals surface area contributed by atoms with E-state index in [1.807, 2.05) is 18.2 Å². The van der Waals surface area contributed by atoms with Crippen molar-refractivity contribution in [1.29, 1.82) is 0 Å². The Bertz CT molecular complexity index is 721. The van der Waals surface area contributed by atoms with Gasteiger partial charge in [-0.2, -0.15) is 0 Å². The Morgan fingerprint density at radius 3 is 2.58 bits per heavy atom. The number of carbonyl (C=O) groups excluding carboxylic acids is 1. The summed E-state index contributed by atoms with van der Waals surface area (Å²) in [6.07, 6.45) is 2.89. The van der Waals surface area contributed by atoms with E-state index in [0.29, 0.717) is 12.5 Å². The highest BCUT2D eigenvalue weighted by Crippen LogP contribution is 2.31. The zero-order valence-electron chi connectivity index (χ0n) is 14.7. The topological polar surface area (TPSA) is 29.5 Å². The van der Waals surface area contributed by atoms with E-state index in [1.54, 1.807) is 6.92 Å². The predicted octanol–water partition coefficient (Wildman–Crippen LogP) is 5.04. The lowest BCUT2D eigenvalue weighted by atomic mass is 10.1. The number of nitrogens with zero attached hydrogens (tertiary/aromatic N) is 1. The second-order valence-corrected chi connectivity index (χ2v) is 6.76. The molecular formula is C21H25NO2. The number of anilines is 1. The highest BCUT2D eigenvalue weighted by molar-refractivity contribution is 5.77. The number of aryl methyl sites for hydroxylation is 2. The van der Waals surface area contributed by atoms with Gasteiger partial charge in [0.25, 0.3) is 0 Å². The van der Waals surface area contributed by atoms with Crippen LogP contribution in [0.1, 0.15) is 37.3 Å². The lowest BCUT2D eigenvalue weighted by Gasteiger charge is -2.26. The smallest absolute Gasteiger partial charge is 0.131 e. The molecule has 1 aliphatic heterocycles. The van der Waals surface area contributed by atoms with Crippen molar-refractivity contribution in [3.8, 4) is 11.5 Å². The van der Waals surface area contributed by atoms with Crippen molar-refractivity contribution in [3.63, 3.8) is 0 Å². The summed E-state index contributed by atoms with van der Waals surface area (Å²) in [4.78, 5) is 13.8. The van der Waals surface area contributed by atoms with Gasteiger partial charge in [-0.25, -0.2) is 0 Å². The third-order valence-corrected chi connectivity index (χ3v) is 4.63. The molecule has 0 bridgehead atoms. The molecule has 0 aromatic heterocycles. The lowest BCUT2D eigenvalue weighted by Crippen LogP contribution is -2.30. The standard InChI is InChI=1S/C21H25NO2/c1-15-6-11-21(16(2)13-15)24-20-9-7-18(8-10-20)22-12-4-5-19(22)14-17(3)23/h6-11,13,19H,4-5,12,14H2,1-3H3. The molecule has 0 amide bonds. The first-order chi connectivity index (χ1) is 11.5. The molecule has 1 atom stereocenters. The van der Waals surface area contributed by atoms with Crippen LogP contribution in [0.15, 0.2) is 42.5 Å². The largest absolute Gasteiger partial charge is 0.457 e. The van der Waals surface area contributed by atoms with Crippen LogP contribution in [0, 0.1) is 13.8 Å². The SMILES string of the molecule is CC(=O)CC1CCCN1c1ccc(Oc2ccc(C)cc2C)cc1. The highest BCUT2D eigenvalue weighted by atomic mass is 16.5. The Hall–Kier alpha value is -2.29. The highest BCUT2D eigenvalue weighted by Gasteiger charge is 2.25. The number of benzene rings is 2. The Kier molecular flexibility index (Phi) is 4.89. The summed E-state index contributed by atoms with van der Waals surface area (Å²) in [6, 6.07) is 14.8. The van der Waals surface area contributed by atoms with Crippen LogP contribution >= 0.6 is 0 Å². The number of rotatable bonds is 5. The number of hydrogen-bond acceptors (Lipinski definition) is 3. The Labute approximate surface area is 144 Å². The van der Waals surface area contributed by atoms with Gasteiger partial charge in [0.1, 0.15) is 17.3 Å². The third-order valence-electron chi connectivity index (χ3n) is 4.63. The summed E-state index contributed by atoms with van der Waals surface area (Å²) in [7, 11) is 0. The van der Waals surface area contributed by atoms with Crippen molar-refractivity contribution in [1.82, 2.24) is 0 Å². The van der Waals surface area contributed by atoms with Gasteiger partial charge in [0, 0.05) is 24.7 Å². The van der Waals surface area contributed by atoms with Crippen molar-refractivity contribution >= 4 is 11.5 Å². The first-order valence-electron chi connectivity index (χ1n) is 8.64. The molecule has 1 unspecified atom stereocenters. The minimum atomic E-state index is 0.265. The monoisotopic (exact) mass is 323 g/mol. The Morgan fingerprint density at radius 2 is 1.92 bits per heavy atom. The fraction of sp³-hybridized carbons (Fsp3) is 0.381. The van der Waals surface area contributed by atoms with E-state index in [2.05, 4.69) is 43.0 Å². The fourth-order valence-electron chi connectivity index (χ4n) is 3.47. The van der Waals surface area contributed by atoms with Crippen LogP contribution in [0.5, 0.6) is 11.5 Å². The quantitative estimate of drug-likeness (QED) is 0.771. The molecule has 1 heterocycles. The van der Waals surface area contributed by atoms with Gasteiger partial charge in [0.2, 0.25) is 0 Å². The van der Waals surface area contributed by atoms with Crippen molar-refractivity contribution in [2.75, 3.05) is 11.4 Å². The molecule has 0 spiro atoms. The van der Waals surface area contributed by atoms with E-state index in [4.69, 9.17) is 4.74 Å². The van der Waals surface area contributed by atoms with Gasteiger partial charge in [-0.3, -0.25) is 4.79 Å². The molecule has 2 aromatic rings. The molecule has 2 aromatic carbocycles. The van der Waals surface area contributed by atoms with Crippen molar-refractivity contribution in [2.24, 2.45) is 0 Å². The fourth-order valence-corrected chi connectivity index (χ4v) is 3.47. The first kappa shape index (κ1) is 16.6. The normalized spacial score (nSPS) is 17.1. The number of ether oxygens (including phenoxy) is 1. The van der Waals surface area contributed by atoms with Crippen LogP contribution in [-0.2, 0) is 4.79 Å². The van der Waals surface area contributed by atoms with E-state index >= 15 is 0 Å². The maximum Gasteiger partial charge on any atom is 0.131 e. The molecule has 0 saturated carbocycles. The van der Waals surface area contributed by atoms with Gasteiger partial charge in [0.05, 0.1) is 0 Å². The summed E-state index contributed by atoms with van der Waals surface area (Å²) in [5.41, 5.74) is 3.55. The molecule has 3 heteroatoms. The van der Waals surface area contributed by atoms with Gasteiger partial charge in [0.15, 0.2) is 0 Å². The molecule has 1 saturated heterocycles. The second-order valence-electron chi connectivity index (χ2n) is 6.76. The molecule has 3 nitrogen and oxygen atoms in total. The molecule has 0 radical (unpaired) electrons. The zero-order chi connectivity index (χ0) is 17.1. The number of Topliss-reactive ketones (excluding diaryl/α,β-unsaturated/α-hetero) is 1. The third kappa shape index (κ3) is 3.78. The van der Waals surface area contributed by atoms with Gasteiger partial charge in [-0.1, -0.05) is 17.7 Å². The van der Waals surface area contributed by atoms with E-state index < -0.39 is 0 Å². The number of hydrogen-bond donors (Lipinski definition) is 0. The Morgan fingerprint density at radius 1 is 1.17 bits per heavy atom. The maximum absolute atomic E-state index is 11.4. The van der Waals surface area contributed by atoms with Crippen LogP contribution in [0.25, 0.3) is 0 Å². The van der Waals surface area contributed by atoms with Gasteiger partial charge in [-0.15, -0.1) is 0 Å². The zero-order valence-corrected chi connectivity index (χ0v) is 14.7.